The molecule has 23 heavy (non-hydrogen) atoms. The van der Waals surface area contributed by atoms with Crippen LogP contribution in [0.5, 0.6) is 0 Å². The van der Waals surface area contributed by atoms with E-state index in [1.165, 1.54) is 9.58 Å². The number of imidazole rings is 1. The van der Waals surface area contributed by atoms with Crippen molar-refractivity contribution in [2.45, 2.75) is 0 Å². The number of nitrogens with one attached hydrogen (secondary N) is 1. The zero-order valence-electron chi connectivity index (χ0n) is 13.3. The Labute approximate surface area is 131 Å². The molecule has 0 spiro atoms. The van der Waals surface area contributed by atoms with Crippen molar-refractivity contribution in [1.82, 2.24) is 24.6 Å². The minimum atomic E-state index is -0.915. The Morgan fingerprint density at radius 2 is 1.91 bits per heavy atom. The molecule has 0 aliphatic carbocycles. The maximum absolute atomic E-state index is 12.2. The number of piperazine rings is 1. The number of rotatable bonds is 2. The second-order valence-corrected chi connectivity index (χ2v) is 5.69. The number of aryl methyl sites for hydroxylation is 1. The van der Waals surface area contributed by atoms with Crippen LogP contribution in [0.15, 0.2) is 4.79 Å². The quantitative estimate of drug-likeness (QED) is 0.768. The number of fused-ring (bicyclic) bond motifs is 1. The zero-order chi connectivity index (χ0) is 16.7. The number of hydrogen-bond donors (Lipinski definition) is 2. The van der Waals surface area contributed by atoms with Gasteiger partial charge in [0.2, 0.25) is 5.95 Å². The Hall–Kier alpha value is -2.78. The van der Waals surface area contributed by atoms with E-state index in [9.17, 15) is 9.59 Å². The first-order chi connectivity index (χ1) is 10.9. The molecule has 124 valence electrons. The lowest BCUT2D eigenvalue weighted by atomic mass is 10.3. The summed E-state index contributed by atoms with van der Waals surface area (Å²) in [5.41, 5.74) is 0.684. The van der Waals surface area contributed by atoms with Crippen LogP contribution in [0.2, 0.25) is 0 Å². The van der Waals surface area contributed by atoms with Crippen LogP contribution in [0.25, 0.3) is 11.0 Å². The van der Waals surface area contributed by atoms with Gasteiger partial charge in [-0.3, -0.25) is 4.79 Å². The van der Waals surface area contributed by atoms with E-state index in [1.54, 1.807) is 11.9 Å². The highest BCUT2D eigenvalue weighted by molar-refractivity contribution is 5.87. The van der Waals surface area contributed by atoms with Crippen LogP contribution >= 0.6 is 0 Å². The van der Waals surface area contributed by atoms with Gasteiger partial charge in [0.1, 0.15) is 11.0 Å². The number of carboxylic acid groups (broad SMARTS) is 1. The molecular formula is C13H19N7O3. The van der Waals surface area contributed by atoms with Crippen molar-refractivity contribution in [3.63, 3.8) is 0 Å². The van der Waals surface area contributed by atoms with E-state index in [4.69, 9.17) is 5.11 Å². The number of anilines is 2. The summed E-state index contributed by atoms with van der Waals surface area (Å²) < 4.78 is 1.28. The molecule has 2 N–H and O–H groups in total. The molecule has 1 fully saturated rings. The highest BCUT2D eigenvalue weighted by Crippen LogP contribution is 2.22. The Morgan fingerprint density at radius 3 is 2.48 bits per heavy atom. The van der Waals surface area contributed by atoms with Gasteiger partial charge in [-0.05, 0) is 0 Å². The number of H-pyrrole nitrogens is 1. The Kier molecular flexibility index (Phi) is 3.58. The van der Waals surface area contributed by atoms with Crippen molar-refractivity contribution in [2.75, 3.05) is 50.1 Å². The maximum atomic E-state index is 12.2. The molecule has 0 saturated carbocycles. The minimum Gasteiger partial charge on any atom is -0.465 e. The van der Waals surface area contributed by atoms with Gasteiger partial charge in [-0.25, -0.2) is 14.5 Å². The monoisotopic (exact) mass is 321 g/mol. The van der Waals surface area contributed by atoms with Gasteiger partial charge in [-0.1, -0.05) is 0 Å². The number of aromatic amines is 1. The predicted molar refractivity (Wildman–Crippen MR) is 85.3 cm³/mol. The number of amides is 1. The summed E-state index contributed by atoms with van der Waals surface area (Å²) in [7, 11) is 5.28. The third kappa shape index (κ3) is 2.56. The van der Waals surface area contributed by atoms with E-state index in [0.717, 1.165) is 0 Å². The fourth-order valence-electron chi connectivity index (χ4n) is 2.63. The fraction of sp³-hybridized carbons (Fsp3) is 0.538. The van der Waals surface area contributed by atoms with E-state index in [2.05, 4.69) is 15.1 Å². The molecule has 1 saturated heterocycles. The van der Waals surface area contributed by atoms with E-state index < -0.39 is 6.09 Å². The first kappa shape index (κ1) is 15.1. The largest absolute Gasteiger partial charge is 0.465 e. The van der Waals surface area contributed by atoms with E-state index in [-0.39, 0.29) is 5.56 Å². The molecule has 10 nitrogen and oxygen atoms in total. The van der Waals surface area contributed by atoms with Crippen molar-refractivity contribution < 1.29 is 9.90 Å². The minimum absolute atomic E-state index is 0.242. The van der Waals surface area contributed by atoms with Crippen molar-refractivity contribution in [1.29, 1.82) is 0 Å². The molecular weight excluding hydrogens is 302 g/mol. The van der Waals surface area contributed by atoms with Gasteiger partial charge in [-0.2, -0.15) is 0 Å². The zero-order valence-corrected chi connectivity index (χ0v) is 13.3. The van der Waals surface area contributed by atoms with Gasteiger partial charge in [-0.15, -0.1) is 5.10 Å². The summed E-state index contributed by atoms with van der Waals surface area (Å²) in [5.74, 6) is 1.17. The average molecular weight is 321 g/mol. The lowest BCUT2D eigenvalue weighted by Crippen LogP contribution is -2.48. The molecule has 1 amide bonds. The number of hydrogen-bond acceptors (Lipinski definition) is 6. The Morgan fingerprint density at radius 1 is 1.26 bits per heavy atom. The molecule has 1 aliphatic rings. The first-order valence-corrected chi connectivity index (χ1v) is 7.25. The molecule has 0 unspecified atom stereocenters. The summed E-state index contributed by atoms with van der Waals surface area (Å²) in [5, 5.41) is 13.2. The predicted octanol–water partition coefficient (Wildman–Crippen LogP) is -0.477. The molecule has 10 heteroatoms. The van der Waals surface area contributed by atoms with Crippen molar-refractivity contribution in [2.24, 2.45) is 7.05 Å². The molecule has 0 atom stereocenters. The van der Waals surface area contributed by atoms with Crippen LogP contribution in [0.1, 0.15) is 0 Å². The van der Waals surface area contributed by atoms with Crippen LogP contribution in [-0.2, 0) is 7.05 Å². The fourth-order valence-corrected chi connectivity index (χ4v) is 2.63. The van der Waals surface area contributed by atoms with E-state index >= 15 is 0 Å². The summed E-state index contributed by atoms with van der Waals surface area (Å²) in [6.45, 7) is 1.86. The third-order valence-corrected chi connectivity index (χ3v) is 3.93. The SMILES string of the molecule is CN(C)c1nn(C)c(=O)c2[nH]c(N3CCN(C(=O)O)CC3)nc12. The Bertz CT molecular complexity index is 802. The highest BCUT2D eigenvalue weighted by atomic mass is 16.4. The third-order valence-electron chi connectivity index (χ3n) is 3.93. The second kappa shape index (κ2) is 5.45. The number of carbonyl (C=O) groups is 1. The topological polar surface area (TPSA) is 111 Å². The summed E-state index contributed by atoms with van der Waals surface area (Å²) >= 11 is 0. The van der Waals surface area contributed by atoms with Gasteiger partial charge in [0.05, 0.1) is 0 Å². The molecule has 0 radical (unpaired) electrons. The van der Waals surface area contributed by atoms with E-state index in [0.29, 0.717) is 49.0 Å². The van der Waals surface area contributed by atoms with Crippen molar-refractivity contribution in [3.05, 3.63) is 10.4 Å². The van der Waals surface area contributed by atoms with Crippen molar-refractivity contribution >= 4 is 28.9 Å². The first-order valence-electron chi connectivity index (χ1n) is 7.25. The lowest BCUT2D eigenvalue weighted by Gasteiger charge is -2.32. The molecule has 2 aromatic rings. The van der Waals surface area contributed by atoms with Crippen LogP contribution in [0.4, 0.5) is 16.6 Å². The van der Waals surface area contributed by atoms with Gasteiger partial charge >= 0.3 is 6.09 Å². The molecule has 0 aromatic carbocycles. The second-order valence-electron chi connectivity index (χ2n) is 5.69. The molecule has 2 aromatic heterocycles. The molecule has 1 aliphatic heterocycles. The summed E-state index contributed by atoms with van der Waals surface area (Å²) in [4.78, 5) is 35.9. The number of nitrogens with zero attached hydrogens (tertiary/aromatic N) is 6. The van der Waals surface area contributed by atoms with Crippen LogP contribution < -0.4 is 15.4 Å². The number of aromatic nitrogens is 4. The molecule has 0 bridgehead atoms. The van der Waals surface area contributed by atoms with Gasteiger partial charge < -0.3 is 24.8 Å². The van der Waals surface area contributed by atoms with Crippen LogP contribution in [-0.4, -0.2) is 76.1 Å². The summed E-state index contributed by atoms with van der Waals surface area (Å²) in [6, 6.07) is 0. The van der Waals surface area contributed by atoms with Crippen LogP contribution in [0, 0.1) is 0 Å². The summed E-state index contributed by atoms with van der Waals surface area (Å²) in [6.07, 6.45) is -0.915. The van der Waals surface area contributed by atoms with Crippen molar-refractivity contribution in [3.8, 4) is 0 Å². The smallest absolute Gasteiger partial charge is 0.407 e. The standard InChI is InChI=1S/C13H19N7O3/c1-17(2)10-8-9(11(21)18(3)16-10)15-12(14-8)19-4-6-20(7-5-19)13(22)23/h4-7H2,1-3H3,(H,14,15)(H,22,23). The molecule has 3 rings (SSSR count). The average Bonchev–Trinajstić information content (AvgIpc) is 2.96. The van der Waals surface area contributed by atoms with Gasteiger partial charge in [0.15, 0.2) is 5.82 Å². The van der Waals surface area contributed by atoms with Crippen LogP contribution in [0.3, 0.4) is 0 Å². The molecule has 3 heterocycles. The van der Waals surface area contributed by atoms with Gasteiger partial charge in [0, 0.05) is 47.3 Å². The van der Waals surface area contributed by atoms with Gasteiger partial charge in [0.25, 0.3) is 5.56 Å². The normalized spacial score (nSPS) is 15.3. The van der Waals surface area contributed by atoms with E-state index in [1.807, 2.05) is 19.0 Å². The maximum Gasteiger partial charge on any atom is 0.407 e. The highest BCUT2D eigenvalue weighted by Gasteiger charge is 2.24. The Balaban J connectivity index is 1.98. The lowest BCUT2D eigenvalue weighted by molar-refractivity contribution is 0.142.